The Morgan fingerprint density at radius 2 is 1.80 bits per heavy atom. The van der Waals surface area contributed by atoms with Crippen LogP contribution in [0.25, 0.3) is 0 Å². The number of amides is 1. The molecule has 1 N–H and O–H groups in total. The van der Waals surface area contributed by atoms with Crippen molar-refractivity contribution >= 4 is 11.9 Å². The standard InChI is InChI=1S/C20H29NO4/c1-6-12(2)15(5)21(17-7-8-17)20(24)16-9-13(3)19(14(4)10-16)25-11-18(22)23/h9-10,12,15,17H,6-8,11H2,1-5H3,(H,22,23). The average Bonchev–Trinajstić information content (AvgIpc) is 3.37. The second-order valence-corrected chi connectivity index (χ2v) is 7.19. The van der Waals surface area contributed by atoms with Gasteiger partial charge in [0.2, 0.25) is 0 Å². The molecule has 138 valence electrons. The highest BCUT2D eigenvalue weighted by atomic mass is 16.5. The minimum absolute atomic E-state index is 0.0614. The Bertz CT molecular complexity index is 628. The molecule has 0 aliphatic heterocycles. The largest absolute Gasteiger partial charge is 0.481 e. The number of carbonyl (C=O) groups excluding carboxylic acids is 1. The van der Waals surface area contributed by atoms with E-state index in [1.165, 1.54) is 0 Å². The maximum absolute atomic E-state index is 13.2. The van der Waals surface area contributed by atoms with Crippen LogP contribution in [-0.2, 0) is 4.79 Å². The molecule has 5 heteroatoms. The molecule has 1 aromatic carbocycles. The van der Waals surface area contributed by atoms with Crippen LogP contribution in [0.15, 0.2) is 12.1 Å². The van der Waals surface area contributed by atoms with Crippen LogP contribution in [0.3, 0.4) is 0 Å². The molecule has 0 heterocycles. The topological polar surface area (TPSA) is 66.8 Å². The van der Waals surface area contributed by atoms with E-state index in [0.717, 1.165) is 30.4 Å². The lowest BCUT2D eigenvalue weighted by Crippen LogP contribution is -2.43. The first kappa shape index (κ1) is 19.3. The van der Waals surface area contributed by atoms with Gasteiger partial charge in [0.15, 0.2) is 6.61 Å². The lowest BCUT2D eigenvalue weighted by molar-refractivity contribution is -0.139. The predicted molar refractivity (Wildman–Crippen MR) is 97.2 cm³/mol. The van der Waals surface area contributed by atoms with Crippen LogP contribution in [0, 0.1) is 19.8 Å². The Morgan fingerprint density at radius 1 is 1.24 bits per heavy atom. The number of hydrogen-bond donors (Lipinski definition) is 1. The van der Waals surface area contributed by atoms with Gasteiger partial charge >= 0.3 is 5.97 Å². The lowest BCUT2D eigenvalue weighted by Gasteiger charge is -2.33. The third-order valence-electron chi connectivity index (χ3n) is 5.13. The third-order valence-corrected chi connectivity index (χ3v) is 5.13. The molecule has 2 unspecified atom stereocenters. The number of rotatable bonds is 8. The van der Waals surface area contributed by atoms with Crippen molar-refractivity contribution in [2.24, 2.45) is 5.92 Å². The van der Waals surface area contributed by atoms with Gasteiger partial charge in [-0.1, -0.05) is 20.3 Å². The summed E-state index contributed by atoms with van der Waals surface area (Å²) in [7, 11) is 0. The predicted octanol–water partition coefficient (Wildman–Crippen LogP) is 3.81. The maximum Gasteiger partial charge on any atom is 0.341 e. The van der Waals surface area contributed by atoms with Crippen LogP contribution in [0.4, 0.5) is 0 Å². The molecule has 1 aromatic rings. The number of hydrogen-bond acceptors (Lipinski definition) is 3. The molecule has 0 bridgehead atoms. The highest BCUT2D eigenvalue weighted by molar-refractivity contribution is 5.95. The molecule has 1 saturated carbocycles. The fourth-order valence-corrected chi connectivity index (χ4v) is 3.24. The number of carboxylic acids is 1. The second kappa shape index (κ2) is 7.89. The van der Waals surface area contributed by atoms with E-state index in [-0.39, 0.29) is 18.6 Å². The van der Waals surface area contributed by atoms with E-state index in [9.17, 15) is 9.59 Å². The Morgan fingerprint density at radius 3 is 2.24 bits per heavy atom. The van der Waals surface area contributed by atoms with Gasteiger partial charge in [0, 0.05) is 17.6 Å². The van der Waals surface area contributed by atoms with Gasteiger partial charge in [0.05, 0.1) is 0 Å². The maximum atomic E-state index is 13.2. The molecule has 1 fully saturated rings. The van der Waals surface area contributed by atoms with E-state index in [2.05, 4.69) is 20.8 Å². The Hall–Kier alpha value is -2.04. The Labute approximate surface area is 150 Å². The zero-order chi connectivity index (χ0) is 18.7. The van der Waals surface area contributed by atoms with Crippen molar-refractivity contribution in [3.8, 4) is 5.75 Å². The molecule has 5 nitrogen and oxygen atoms in total. The average molecular weight is 347 g/mol. The van der Waals surface area contributed by atoms with Crippen LogP contribution < -0.4 is 4.74 Å². The third kappa shape index (κ3) is 4.53. The molecule has 2 rings (SSSR count). The highest BCUT2D eigenvalue weighted by Crippen LogP contribution is 2.34. The summed E-state index contributed by atoms with van der Waals surface area (Å²) < 4.78 is 5.36. The first-order valence-electron chi connectivity index (χ1n) is 9.04. The van der Waals surface area contributed by atoms with Gasteiger partial charge in [0.25, 0.3) is 5.91 Å². The molecule has 1 amide bonds. The molecule has 1 aliphatic carbocycles. The molecule has 25 heavy (non-hydrogen) atoms. The van der Waals surface area contributed by atoms with Crippen molar-refractivity contribution in [2.75, 3.05) is 6.61 Å². The summed E-state index contributed by atoms with van der Waals surface area (Å²) in [6, 6.07) is 4.17. The molecule has 2 atom stereocenters. The van der Waals surface area contributed by atoms with Gasteiger partial charge in [-0.2, -0.15) is 0 Å². The molecule has 1 aliphatic rings. The van der Waals surface area contributed by atoms with Crippen LogP contribution in [0.2, 0.25) is 0 Å². The van der Waals surface area contributed by atoms with E-state index >= 15 is 0 Å². The van der Waals surface area contributed by atoms with E-state index in [1.54, 1.807) is 0 Å². The number of nitrogens with zero attached hydrogens (tertiary/aromatic N) is 1. The normalized spacial score (nSPS) is 16.2. The number of aryl methyl sites for hydroxylation is 2. The fraction of sp³-hybridized carbons (Fsp3) is 0.600. The summed E-state index contributed by atoms with van der Waals surface area (Å²) in [5.41, 5.74) is 2.23. The van der Waals surface area contributed by atoms with E-state index in [1.807, 2.05) is 30.9 Å². The quantitative estimate of drug-likeness (QED) is 0.776. The smallest absolute Gasteiger partial charge is 0.341 e. The van der Waals surface area contributed by atoms with E-state index in [0.29, 0.717) is 23.3 Å². The summed E-state index contributed by atoms with van der Waals surface area (Å²) in [6.07, 6.45) is 3.19. The van der Waals surface area contributed by atoms with Crippen molar-refractivity contribution < 1.29 is 19.4 Å². The number of benzene rings is 1. The summed E-state index contributed by atoms with van der Waals surface area (Å²) in [4.78, 5) is 25.9. The molecule has 0 saturated heterocycles. The van der Waals surface area contributed by atoms with Crippen LogP contribution >= 0.6 is 0 Å². The summed E-state index contributed by atoms with van der Waals surface area (Å²) in [5.74, 6) is 0.0457. The highest BCUT2D eigenvalue weighted by Gasteiger charge is 2.37. The molecule has 0 spiro atoms. The first-order chi connectivity index (χ1) is 11.8. The zero-order valence-electron chi connectivity index (χ0n) is 15.8. The van der Waals surface area contributed by atoms with Gasteiger partial charge in [-0.05, 0) is 62.8 Å². The van der Waals surface area contributed by atoms with Crippen LogP contribution in [0.1, 0.15) is 61.5 Å². The van der Waals surface area contributed by atoms with Crippen molar-refractivity contribution in [2.45, 2.75) is 66.0 Å². The minimum atomic E-state index is -1.01. The SMILES string of the molecule is CCC(C)C(C)N(C(=O)c1cc(C)c(OCC(=O)O)c(C)c1)C1CC1. The molecular formula is C20H29NO4. The monoisotopic (exact) mass is 347 g/mol. The van der Waals surface area contributed by atoms with Gasteiger partial charge in [0.1, 0.15) is 5.75 Å². The Balaban J connectivity index is 2.27. The van der Waals surface area contributed by atoms with E-state index in [4.69, 9.17) is 9.84 Å². The summed E-state index contributed by atoms with van der Waals surface area (Å²) >= 11 is 0. The summed E-state index contributed by atoms with van der Waals surface area (Å²) in [6.45, 7) is 9.79. The zero-order valence-corrected chi connectivity index (χ0v) is 15.8. The lowest BCUT2D eigenvalue weighted by atomic mass is 9.97. The van der Waals surface area contributed by atoms with Crippen LogP contribution in [0.5, 0.6) is 5.75 Å². The molecule has 0 aromatic heterocycles. The van der Waals surface area contributed by atoms with Gasteiger partial charge < -0.3 is 14.7 Å². The van der Waals surface area contributed by atoms with Crippen molar-refractivity contribution in [1.29, 1.82) is 0 Å². The number of ether oxygens (including phenoxy) is 1. The Kier molecular flexibility index (Phi) is 6.09. The number of carboxylic acid groups (broad SMARTS) is 1. The number of carbonyl (C=O) groups is 2. The van der Waals surface area contributed by atoms with Crippen molar-refractivity contribution in [3.63, 3.8) is 0 Å². The van der Waals surface area contributed by atoms with Crippen molar-refractivity contribution in [1.82, 2.24) is 4.90 Å². The molecule has 0 radical (unpaired) electrons. The van der Waals surface area contributed by atoms with E-state index < -0.39 is 5.97 Å². The minimum Gasteiger partial charge on any atom is -0.481 e. The first-order valence-corrected chi connectivity index (χ1v) is 9.04. The van der Waals surface area contributed by atoms with Crippen molar-refractivity contribution in [3.05, 3.63) is 28.8 Å². The van der Waals surface area contributed by atoms with Gasteiger partial charge in [-0.25, -0.2) is 4.79 Å². The van der Waals surface area contributed by atoms with Gasteiger partial charge in [-0.3, -0.25) is 4.79 Å². The van der Waals surface area contributed by atoms with Crippen LogP contribution in [-0.4, -0.2) is 40.6 Å². The fourth-order valence-electron chi connectivity index (χ4n) is 3.24. The second-order valence-electron chi connectivity index (χ2n) is 7.19. The van der Waals surface area contributed by atoms with Gasteiger partial charge in [-0.15, -0.1) is 0 Å². The molecular weight excluding hydrogens is 318 g/mol. The number of aliphatic carboxylic acids is 1. The summed E-state index contributed by atoms with van der Waals surface area (Å²) in [5, 5.41) is 8.79.